The van der Waals surface area contributed by atoms with Crippen LogP contribution in [0.3, 0.4) is 0 Å². The lowest BCUT2D eigenvalue weighted by Gasteiger charge is -2.38. The van der Waals surface area contributed by atoms with Crippen LogP contribution in [0.2, 0.25) is 0 Å². The Morgan fingerprint density at radius 1 is 1.18 bits per heavy atom. The smallest absolute Gasteiger partial charge is 0.380 e. The number of aromatic nitrogens is 2. The van der Waals surface area contributed by atoms with E-state index >= 15 is 0 Å². The predicted molar refractivity (Wildman–Crippen MR) is 87.7 cm³/mol. The molecule has 5 nitrogen and oxygen atoms in total. The molecule has 28 heavy (non-hydrogen) atoms. The number of piperidine rings is 1. The maximum Gasteiger partial charge on any atom is 0.433 e. The SMILES string of the molecule is Cn1nc(-c2ccc(C(=O)N3CCC(O)(C(F)(F)F)CC3)s2)cc1C(F)(F)F. The molecule has 12 heteroatoms. The van der Waals surface area contributed by atoms with Crippen molar-refractivity contribution in [2.75, 3.05) is 13.1 Å². The number of carbonyl (C=O) groups is 1. The van der Waals surface area contributed by atoms with Gasteiger partial charge in [0.2, 0.25) is 0 Å². The summed E-state index contributed by atoms with van der Waals surface area (Å²) in [6.45, 7) is -0.548. The molecular weight excluding hydrogens is 412 g/mol. The Kier molecular flexibility index (Phi) is 4.99. The van der Waals surface area contributed by atoms with Crippen molar-refractivity contribution in [3.8, 4) is 10.6 Å². The summed E-state index contributed by atoms with van der Waals surface area (Å²) in [5, 5.41) is 13.5. The Morgan fingerprint density at radius 2 is 1.79 bits per heavy atom. The van der Waals surface area contributed by atoms with Crippen LogP contribution in [0.15, 0.2) is 18.2 Å². The molecule has 0 unspecified atom stereocenters. The van der Waals surface area contributed by atoms with E-state index in [0.717, 1.165) is 24.5 Å². The lowest BCUT2D eigenvalue weighted by Crippen LogP contribution is -2.54. The van der Waals surface area contributed by atoms with E-state index < -0.39 is 42.4 Å². The Bertz CT molecular complexity index is 878. The zero-order valence-electron chi connectivity index (χ0n) is 14.4. The van der Waals surface area contributed by atoms with E-state index in [2.05, 4.69) is 5.10 Å². The number of halogens is 6. The Balaban J connectivity index is 1.74. The number of amides is 1. The molecule has 154 valence electrons. The summed E-state index contributed by atoms with van der Waals surface area (Å²) in [7, 11) is 1.15. The van der Waals surface area contributed by atoms with Crippen molar-refractivity contribution in [1.82, 2.24) is 14.7 Å². The largest absolute Gasteiger partial charge is 0.433 e. The minimum atomic E-state index is -4.77. The van der Waals surface area contributed by atoms with Crippen molar-refractivity contribution in [2.24, 2.45) is 7.05 Å². The van der Waals surface area contributed by atoms with Gasteiger partial charge in [-0.2, -0.15) is 31.4 Å². The highest BCUT2D eigenvalue weighted by Crippen LogP contribution is 2.39. The van der Waals surface area contributed by atoms with Gasteiger partial charge in [-0.05, 0) is 18.2 Å². The summed E-state index contributed by atoms with van der Waals surface area (Å²) >= 11 is 0.907. The van der Waals surface area contributed by atoms with E-state index in [1.807, 2.05) is 0 Å². The number of rotatable bonds is 2. The first-order valence-electron chi connectivity index (χ1n) is 8.12. The second kappa shape index (κ2) is 6.76. The van der Waals surface area contributed by atoms with Gasteiger partial charge in [0.1, 0.15) is 11.4 Å². The number of thiophene rings is 1. The van der Waals surface area contributed by atoms with Crippen LogP contribution < -0.4 is 0 Å². The van der Waals surface area contributed by atoms with Crippen molar-refractivity contribution >= 4 is 17.2 Å². The van der Waals surface area contributed by atoms with Crippen LogP contribution in [-0.4, -0.2) is 50.6 Å². The van der Waals surface area contributed by atoms with E-state index in [1.165, 1.54) is 17.0 Å². The fourth-order valence-electron chi connectivity index (χ4n) is 2.96. The average Bonchev–Trinajstić information content (AvgIpc) is 3.20. The van der Waals surface area contributed by atoms with Crippen LogP contribution in [0.5, 0.6) is 0 Å². The Morgan fingerprint density at radius 3 is 2.29 bits per heavy atom. The van der Waals surface area contributed by atoms with Gasteiger partial charge in [-0.1, -0.05) is 0 Å². The van der Waals surface area contributed by atoms with Crippen molar-refractivity contribution in [3.05, 3.63) is 28.8 Å². The fourth-order valence-corrected chi connectivity index (χ4v) is 3.89. The number of nitrogens with zero attached hydrogens (tertiary/aromatic N) is 3. The Hall–Kier alpha value is -2.08. The monoisotopic (exact) mass is 427 g/mol. The molecule has 1 aliphatic heterocycles. The van der Waals surface area contributed by atoms with E-state index in [9.17, 15) is 36.2 Å². The molecule has 2 aromatic heterocycles. The van der Waals surface area contributed by atoms with Gasteiger partial charge < -0.3 is 10.0 Å². The summed E-state index contributed by atoms with van der Waals surface area (Å²) < 4.78 is 77.9. The molecule has 0 radical (unpaired) electrons. The average molecular weight is 427 g/mol. The predicted octanol–water partition coefficient (Wildman–Crippen LogP) is 3.70. The number of hydrogen-bond donors (Lipinski definition) is 1. The molecule has 1 fully saturated rings. The molecule has 2 aromatic rings. The summed E-state index contributed by atoms with van der Waals surface area (Å²) in [6, 6.07) is 3.70. The number of aryl methyl sites for hydroxylation is 1. The van der Waals surface area contributed by atoms with Crippen LogP contribution in [0.4, 0.5) is 26.3 Å². The second-order valence-corrected chi connectivity index (χ2v) is 7.61. The molecule has 0 aliphatic carbocycles. The van der Waals surface area contributed by atoms with Crippen molar-refractivity contribution in [2.45, 2.75) is 30.8 Å². The first-order chi connectivity index (χ1) is 12.8. The topological polar surface area (TPSA) is 58.4 Å². The third-order valence-electron chi connectivity index (χ3n) is 4.64. The van der Waals surface area contributed by atoms with Crippen LogP contribution in [0, 0.1) is 0 Å². The van der Waals surface area contributed by atoms with Gasteiger partial charge in [-0.3, -0.25) is 9.48 Å². The molecule has 0 atom stereocenters. The summed E-state index contributed by atoms with van der Waals surface area (Å²) in [5.74, 6) is -0.535. The van der Waals surface area contributed by atoms with Crippen LogP contribution in [0.1, 0.15) is 28.2 Å². The Labute approximate surface area is 159 Å². The highest BCUT2D eigenvalue weighted by Gasteiger charge is 2.55. The maximum absolute atomic E-state index is 12.9. The summed E-state index contributed by atoms with van der Waals surface area (Å²) in [6.07, 6.45) is -10.6. The highest BCUT2D eigenvalue weighted by atomic mass is 32.1. The molecular formula is C16H15F6N3O2S. The van der Waals surface area contributed by atoms with Crippen LogP contribution in [0.25, 0.3) is 10.6 Å². The van der Waals surface area contributed by atoms with Gasteiger partial charge in [0.15, 0.2) is 5.60 Å². The van der Waals surface area contributed by atoms with Crippen LogP contribution in [-0.2, 0) is 13.2 Å². The molecule has 1 N–H and O–H groups in total. The van der Waals surface area contributed by atoms with Crippen molar-refractivity contribution in [3.63, 3.8) is 0 Å². The number of alkyl halides is 6. The minimum Gasteiger partial charge on any atom is -0.380 e. The zero-order valence-corrected chi connectivity index (χ0v) is 15.3. The molecule has 1 amide bonds. The molecule has 3 rings (SSSR count). The highest BCUT2D eigenvalue weighted by molar-refractivity contribution is 7.17. The quantitative estimate of drug-likeness (QED) is 0.744. The fraction of sp³-hybridized carbons (Fsp3) is 0.500. The number of aliphatic hydroxyl groups is 1. The van der Waals surface area contributed by atoms with Gasteiger partial charge in [-0.15, -0.1) is 11.3 Å². The van der Waals surface area contributed by atoms with E-state index in [-0.39, 0.29) is 23.7 Å². The van der Waals surface area contributed by atoms with Gasteiger partial charge in [0, 0.05) is 33.0 Å². The zero-order chi connectivity index (χ0) is 20.9. The lowest BCUT2D eigenvalue weighted by atomic mass is 9.91. The number of carbonyl (C=O) groups excluding carboxylic acids is 1. The van der Waals surface area contributed by atoms with Crippen molar-refractivity contribution in [1.29, 1.82) is 0 Å². The normalized spacial score (nSPS) is 17.8. The summed E-state index contributed by atoms with van der Waals surface area (Å²) in [5.41, 5.74) is -3.71. The molecule has 0 spiro atoms. The van der Waals surface area contributed by atoms with Gasteiger partial charge in [0.25, 0.3) is 5.91 Å². The number of likely N-dealkylation sites (tertiary alicyclic amines) is 1. The molecule has 1 saturated heterocycles. The van der Waals surface area contributed by atoms with Gasteiger partial charge >= 0.3 is 12.4 Å². The van der Waals surface area contributed by atoms with Crippen LogP contribution >= 0.6 is 11.3 Å². The van der Waals surface area contributed by atoms with Crippen molar-refractivity contribution < 1.29 is 36.2 Å². The summed E-state index contributed by atoms with van der Waals surface area (Å²) in [4.78, 5) is 14.2. The first-order valence-corrected chi connectivity index (χ1v) is 8.93. The minimum absolute atomic E-state index is 0.0453. The molecule has 3 heterocycles. The maximum atomic E-state index is 12.9. The van der Waals surface area contributed by atoms with Gasteiger partial charge in [0.05, 0.1) is 9.75 Å². The van der Waals surface area contributed by atoms with E-state index in [1.54, 1.807) is 0 Å². The lowest BCUT2D eigenvalue weighted by molar-refractivity contribution is -0.271. The molecule has 0 aromatic carbocycles. The third kappa shape index (κ3) is 3.75. The number of hydrogen-bond acceptors (Lipinski definition) is 4. The van der Waals surface area contributed by atoms with E-state index in [0.29, 0.717) is 9.56 Å². The second-order valence-electron chi connectivity index (χ2n) is 6.52. The first kappa shape index (κ1) is 20.6. The third-order valence-corrected chi connectivity index (χ3v) is 5.74. The molecule has 0 bridgehead atoms. The van der Waals surface area contributed by atoms with E-state index in [4.69, 9.17) is 0 Å². The van der Waals surface area contributed by atoms with Gasteiger partial charge in [-0.25, -0.2) is 0 Å². The molecule has 1 aliphatic rings. The molecule has 0 saturated carbocycles. The standard InChI is InChI=1S/C16H15F6N3O2S/c1-24-12(15(17,18)19)8-9(23-24)10-2-3-11(28-10)13(26)25-6-4-14(27,5-7-25)16(20,21)22/h2-3,8,27H,4-7H2,1H3.